The monoisotopic (exact) mass is 274 g/mol. The lowest BCUT2D eigenvalue weighted by atomic mass is 10.1. The summed E-state index contributed by atoms with van der Waals surface area (Å²) in [6.45, 7) is 1.95. The van der Waals surface area contributed by atoms with E-state index < -0.39 is 11.9 Å². The molecule has 0 heterocycles. The lowest BCUT2D eigenvalue weighted by molar-refractivity contribution is 0.607. The van der Waals surface area contributed by atoms with Gasteiger partial charge in [0.25, 0.3) is 0 Å². The zero-order chi connectivity index (χ0) is 13.8. The molecule has 0 saturated heterocycles. The molecule has 1 N–H and O–H groups in total. The third-order valence-corrected chi connectivity index (χ3v) is 2.97. The predicted octanol–water partition coefficient (Wildman–Crippen LogP) is 4.46. The molecule has 0 amide bonds. The van der Waals surface area contributed by atoms with Crippen molar-refractivity contribution in [1.29, 1.82) is 5.26 Å². The Labute approximate surface area is 116 Å². The van der Waals surface area contributed by atoms with E-state index in [0.717, 1.165) is 11.3 Å². The van der Waals surface area contributed by atoms with Crippen LogP contribution < -0.4 is 5.32 Å². The van der Waals surface area contributed by atoms with Gasteiger partial charge >= 0.3 is 0 Å². The second-order valence-corrected chi connectivity index (χ2v) is 4.68. The first kappa shape index (κ1) is 13.4. The van der Waals surface area contributed by atoms with E-state index in [1.54, 1.807) is 6.07 Å². The average Bonchev–Trinajstić information content (AvgIpc) is 2.37. The second kappa shape index (κ2) is 5.73. The van der Waals surface area contributed by atoms with Crippen molar-refractivity contribution in [2.45, 2.75) is 13.0 Å². The topological polar surface area (TPSA) is 35.8 Å². The number of nitrogens with one attached hydrogen (secondary N) is 1. The van der Waals surface area contributed by atoms with Crippen LogP contribution in [-0.4, -0.2) is 0 Å². The highest BCUT2D eigenvalue weighted by Gasteiger charge is 2.15. The first-order valence-electron chi connectivity index (χ1n) is 5.78. The molecule has 1 atom stereocenters. The maximum absolute atomic E-state index is 13.8. The van der Waals surface area contributed by atoms with E-state index in [2.05, 4.69) is 11.4 Å². The molecule has 0 aliphatic rings. The van der Waals surface area contributed by atoms with Crippen molar-refractivity contribution in [3.8, 4) is 6.07 Å². The van der Waals surface area contributed by atoms with Crippen LogP contribution in [0.5, 0.6) is 0 Å². The Morgan fingerprint density at radius 3 is 2.68 bits per heavy atom. The summed E-state index contributed by atoms with van der Waals surface area (Å²) in [5.74, 6) is -0.487. The molecule has 2 nitrogen and oxygen atoms in total. The quantitative estimate of drug-likeness (QED) is 0.897. The van der Waals surface area contributed by atoms with Crippen LogP contribution in [0.2, 0.25) is 5.02 Å². The number of benzene rings is 2. The number of hydrogen-bond donors (Lipinski definition) is 1. The van der Waals surface area contributed by atoms with Crippen molar-refractivity contribution in [1.82, 2.24) is 0 Å². The molecule has 19 heavy (non-hydrogen) atoms. The summed E-state index contributed by atoms with van der Waals surface area (Å²) < 4.78 is 13.8. The van der Waals surface area contributed by atoms with Crippen molar-refractivity contribution < 1.29 is 4.39 Å². The fraction of sp³-hybridized carbons (Fsp3) is 0.133. The number of nitrogens with zero attached hydrogens (tertiary/aromatic N) is 1. The molecule has 4 heteroatoms. The van der Waals surface area contributed by atoms with Crippen molar-refractivity contribution in [3.05, 3.63) is 64.4 Å². The van der Waals surface area contributed by atoms with Crippen molar-refractivity contribution in [3.63, 3.8) is 0 Å². The fourth-order valence-corrected chi connectivity index (χ4v) is 1.98. The Morgan fingerprint density at radius 1 is 1.26 bits per heavy atom. The van der Waals surface area contributed by atoms with Gasteiger partial charge in [0.1, 0.15) is 11.9 Å². The largest absolute Gasteiger partial charge is 0.366 e. The minimum Gasteiger partial charge on any atom is -0.366 e. The first-order valence-corrected chi connectivity index (χ1v) is 6.15. The number of hydrogen-bond acceptors (Lipinski definition) is 2. The molecule has 2 rings (SSSR count). The molecule has 2 aromatic carbocycles. The van der Waals surface area contributed by atoms with Crippen LogP contribution in [0.4, 0.5) is 10.1 Å². The third-order valence-electron chi connectivity index (χ3n) is 2.73. The molecule has 96 valence electrons. The van der Waals surface area contributed by atoms with Gasteiger partial charge in [0.15, 0.2) is 0 Å². The van der Waals surface area contributed by atoms with E-state index in [1.807, 2.05) is 31.2 Å². The lowest BCUT2D eigenvalue weighted by Crippen LogP contribution is -2.10. The Morgan fingerprint density at radius 2 is 2.05 bits per heavy atom. The Bertz CT molecular complexity index is 634. The van der Waals surface area contributed by atoms with E-state index in [0.29, 0.717) is 5.02 Å². The molecular formula is C15H12ClFN2. The maximum atomic E-state index is 13.8. The molecule has 1 unspecified atom stereocenters. The van der Waals surface area contributed by atoms with E-state index in [1.165, 1.54) is 12.1 Å². The van der Waals surface area contributed by atoms with Crippen molar-refractivity contribution >= 4 is 17.3 Å². The summed E-state index contributed by atoms with van der Waals surface area (Å²) in [6.07, 6.45) is 0. The number of aryl methyl sites for hydroxylation is 1. The summed E-state index contributed by atoms with van der Waals surface area (Å²) in [5.41, 5.74) is 2.13. The molecule has 0 aliphatic heterocycles. The highest BCUT2D eigenvalue weighted by molar-refractivity contribution is 6.30. The Kier molecular flexibility index (Phi) is 4.03. The maximum Gasteiger partial charge on any atom is 0.143 e. The minimum absolute atomic E-state index is 0.286. The predicted molar refractivity (Wildman–Crippen MR) is 74.6 cm³/mol. The average molecular weight is 275 g/mol. The summed E-state index contributed by atoms with van der Waals surface area (Å²) in [6, 6.07) is 13.2. The zero-order valence-electron chi connectivity index (χ0n) is 10.3. The number of anilines is 1. The van der Waals surface area contributed by atoms with Gasteiger partial charge in [-0.2, -0.15) is 5.26 Å². The molecule has 0 aliphatic carbocycles. The summed E-state index contributed by atoms with van der Waals surface area (Å²) >= 11 is 5.70. The molecule has 0 radical (unpaired) electrons. The number of nitriles is 1. The van der Waals surface area contributed by atoms with Gasteiger partial charge < -0.3 is 5.32 Å². The van der Waals surface area contributed by atoms with Crippen LogP contribution in [0.1, 0.15) is 17.2 Å². The molecule has 0 fully saturated rings. The third kappa shape index (κ3) is 3.24. The fourth-order valence-electron chi connectivity index (χ4n) is 1.82. The molecular weight excluding hydrogens is 263 g/mol. The van der Waals surface area contributed by atoms with Crippen LogP contribution in [0.15, 0.2) is 42.5 Å². The van der Waals surface area contributed by atoms with E-state index in [4.69, 9.17) is 11.6 Å². The van der Waals surface area contributed by atoms with Gasteiger partial charge in [-0.15, -0.1) is 0 Å². The van der Waals surface area contributed by atoms with Gasteiger partial charge in [-0.05, 0) is 36.8 Å². The van der Waals surface area contributed by atoms with Crippen LogP contribution >= 0.6 is 11.6 Å². The van der Waals surface area contributed by atoms with Crippen LogP contribution in [0.3, 0.4) is 0 Å². The zero-order valence-corrected chi connectivity index (χ0v) is 11.1. The molecule has 2 aromatic rings. The number of halogens is 2. The lowest BCUT2D eigenvalue weighted by Gasteiger charge is -2.14. The summed E-state index contributed by atoms with van der Waals surface area (Å²) in [7, 11) is 0. The Hall–Kier alpha value is -2.05. The van der Waals surface area contributed by atoms with Gasteiger partial charge in [0.05, 0.1) is 6.07 Å². The van der Waals surface area contributed by atoms with Crippen LogP contribution in [0.25, 0.3) is 0 Å². The second-order valence-electron chi connectivity index (χ2n) is 4.24. The summed E-state index contributed by atoms with van der Waals surface area (Å²) in [4.78, 5) is 0. The SMILES string of the molecule is Cc1cccc(NC(C#N)c2ccc(Cl)cc2F)c1. The first-order chi connectivity index (χ1) is 9.10. The van der Waals surface area contributed by atoms with Gasteiger partial charge in [-0.25, -0.2) is 4.39 Å². The summed E-state index contributed by atoms with van der Waals surface area (Å²) in [5, 5.41) is 12.5. The van der Waals surface area contributed by atoms with E-state index in [9.17, 15) is 9.65 Å². The molecule has 0 bridgehead atoms. The minimum atomic E-state index is -0.751. The molecule has 0 spiro atoms. The number of rotatable bonds is 3. The standard InChI is InChI=1S/C15H12ClFN2/c1-10-3-2-4-12(7-10)19-15(9-18)13-6-5-11(16)8-14(13)17/h2-8,15,19H,1H3. The highest BCUT2D eigenvalue weighted by Crippen LogP contribution is 2.24. The van der Waals surface area contributed by atoms with Crippen LogP contribution in [0, 0.1) is 24.1 Å². The Balaban J connectivity index is 2.28. The normalized spacial score (nSPS) is 11.7. The van der Waals surface area contributed by atoms with Gasteiger partial charge in [0.2, 0.25) is 0 Å². The highest BCUT2D eigenvalue weighted by atomic mass is 35.5. The van der Waals surface area contributed by atoms with Gasteiger partial charge in [-0.1, -0.05) is 29.8 Å². The van der Waals surface area contributed by atoms with Crippen molar-refractivity contribution in [2.24, 2.45) is 0 Å². The smallest absolute Gasteiger partial charge is 0.143 e. The van der Waals surface area contributed by atoms with Gasteiger partial charge in [-0.3, -0.25) is 0 Å². The molecule has 0 saturated carbocycles. The van der Waals surface area contributed by atoms with E-state index >= 15 is 0 Å². The van der Waals surface area contributed by atoms with Crippen molar-refractivity contribution in [2.75, 3.05) is 5.32 Å². The van der Waals surface area contributed by atoms with Gasteiger partial charge in [0, 0.05) is 16.3 Å². The molecule has 0 aromatic heterocycles. The van der Waals surface area contributed by atoms with E-state index in [-0.39, 0.29) is 5.56 Å². The van der Waals surface area contributed by atoms with Crippen LogP contribution in [-0.2, 0) is 0 Å².